The van der Waals surface area contributed by atoms with Crippen LogP contribution >= 0.6 is 0 Å². The molecule has 2 heterocycles. The van der Waals surface area contributed by atoms with Crippen molar-refractivity contribution in [2.75, 3.05) is 33.7 Å². The Morgan fingerprint density at radius 1 is 1.44 bits per heavy atom. The van der Waals surface area contributed by atoms with E-state index in [4.69, 9.17) is 0 Å². The second-order valence-corrected chi connectivity index (χ2v) is 4.97. The Kier molecular flexibility index (Phi) is 3.25. The van der Waals surface area contributed by atoms with Crippen molar-refractivity contribution in [1.29, 1.82) is 0 Å². The van der Waals surface area contributed by atoms with Gasteiger partial charge in [0.15, 0.2) is 0 Å². The predicted molar refractivity (Wildman–Crippen MR) is 63.8 cm³/mol. The standard InChI is InChI=1S/C11H18N4O3/c1-14(2)8(16)6-15-9(17)11(13-10(15)18)4-3-5-12-7-11/h12H,3-7H2,1-2H3,(H,13,18). The third-order valence-corrected chi connectivity index (χ3v) is 3.42. The number of amides is 4. The number of nitrogens with one attached hydrogen (secondary N) is 2. The summed E-state index contributed by atoms with van der Waals surface area (Å²) in [4.78, 5) is 38.1. The van der Waals surface area contributed by atoms with Crippen LogP contribution in [0.5, 0.6) is 0 Å². The fourth-order valence-electron chi connectivity index (χ4n) is 2.29. The molecular weight excluding hydrogens is 236 g/mol. The molecule has 7 heteroatoms. The van der Waals surface area contributed by atoms with E-state index in [9.17, 15) is 14.4 Å². The third-order valence-electron chi connectivity index (χ3n) is 3.42. The Morgan fingerprint density at radius 3 is 2.72 bits per heavy atom. The van der Waals surface area contributed by atoms with Crippen LogP contribution in [0.4, 0.5) is 4.79 Å². The molecule has 2 N–H and O–H groups in total. The van der Waals surface area contributed by atoms with Gasteiger partial charge in [0.25, 0.3) is 5.91 Å². The topological polar surface area (TPSA) is 81.8 Å². The highest BCUT2D eigenvalue weighted by molar-refractivity contribution is 6.09. The molecule has 0 radical (unpaired) electrons. The molecule has 2 fully saturated rings. The largest absolute Gasteiger partial charge is 0.347 e. The molecule has 2 saturated heterocycles. The predicted octanol–water partition coefficient (Wildman–Crippen LogP) is -1.25. The van der Waals surface area contributed by atoms with Crippen LogP contribution in [0.15, 0.2) is 0 Å². The highest BCUT2D eigenvalue weighted by Gasteiger charge is 2.51. The molecular formula is C11H18N4O3. The van der Waals surface area contributed by atoms with Crippen LogP contribution in [-0.2, 0) is 9.59 Å². The smallest absolute Gasteiger partial charge is 0.325 e. The van der Waals surface area contributed by atoms with Crippen LogP contribution in [0.3, 0.4) is 0 Å². The van der Waals surface area contributed by atoms with Gasteiger partial charge in [0.1, 0.15) is 12.1 Å². The summed E-state index contributed by atoms with van der Waals surface area (Å²) in [5.74, 6) is -0.561. The number of likely N-dealkylation sites (N-methyl/N-ethyl adjacent to an activating group) is 1. The van der Waals surface area contributed by atoms with E-state index in [1.807, 2.05) is 0 Å². The SMILES string of the molecule is CN(C)C(=O)CN1C(=O)NC2(CCCNC2)C1=O. The number of nitrogens with zero attached hydrogens (tertiary/aromatic N) is 2. The number of urea groups is 1. The zero-order chi connectivity index (χ0) is 13.3. The Labute approximate surface area is 105 Å². The molecule has 2 aliphatic heterocycles. The van der Waals surface area contributed by atoms with Crippen molar-refractivity contribution in [1.82, 2.24) is 20.4 Å². The fourth-order valence-corrected chi connectivity index (χ4v) is 2.29. The maximum Gasteiger partial charge on any atom is 0.325 e. The summed E-state index contributed by atoms with van der Waals surface area (Å²) in [6.07, 6.45) is 1.46. The highest BCUT2D eigenvalue weighted by atomic mass is 16.2. The molecule has 0 saturated carbocycles. The molecule has 1 atom stereocenters. The van der Waals surface area contributed by atoms with Crippen LogP contribution in [0, 0.1) is 0 Å². The first-order chi connectivity index (χ1) is 8.46. The van der Waals surface area contributed by atoms with Gasteiger partial charge in [-0.15, -0.1) is 0 Å². The van der Waals surface area contributed by atoms with Crippen molar-refractivity contribution in [2.45, 2.75) is 18.4 Å². The number of hydrogen-bond donors (Lipinski definition) is 2. The minimum absolute atomic E-state index is 0.195. The maximum absolute atomic E-state index is 12.3. The molecule has 4 amide bonds. The average molecular weight is 254 g/mol. The summed E-state index contributed by atoms with van der Waals surface area (Å²) in [6.45, 7) is 1.09. The lowest BCUT2D eigenvalue weighted by Crippen LogP contribution is -2.57. The molecule has 18 heavy (non-hydrogen) atoms. The lowest BCUT2D eigenvalue weighted by molar-refractivity contribution is -0.138. The second kappa shape index (κ2) is 4.56. The van der Waals surface area contributed by atoms with Gasteiger partial charge in [-0.3, -0.25) is 14.5 Å². The van der Waals surface area contributed by atoms with Crippen molar-refractivity contribution < 1.29 is 14.4 Å². The number of imide groups is 1. The highest BCUT2D eigenvalue weighted by Crippen LogP contribution is 2.24. The van der Waals surface area contributed by atoms with Crippen LogP contribution < -0.4 is 10.6 Å². The zero-order valence-electron chi connectivity index (χ0n) is 10.7. The van der Waals surface area contributed by atoms with Crippen molar-refractivity contribution >= 4 is 17.8 Å². The van der Waals surface area contributed by atoms with Crippen molar-refractivity contribution in [3.63, 3.8) is 0 Å². The van der Waals surface area contributed by atoms with E-state index in [-0.39, 0.29) is 18.4 Å². The van der Waals surface area contributed by atoms with E-state index < -0.39 is 11.6 Å². The molecule has 0 aromatic carbocycles. The quantitative estimate of drug-likeness (QED) is 0.603. The van der Waals surface area contributed by atoms with Gasteiger partial charge < -0.3 is 15.5 Å². The van der Waals surface area contributed by atoms with Crippen molar-refractivity contribution in [3.05, 3.63) is 0 Å². The lowest BCUT2D eigenvalue weighted by Gasteiger charge is -2.31. The normalized spacial score (nSPS) is 27.6. The van der Waals surface area contributed by atoms with E-state index in [0.717, 1.165) is 17.9 Å². The van der Waals surface area contributed by atoms with Gasteiger partial charge in [-0.25, -0.2) is 4.79 Å². The molecule has 2 aliphatic rings. The molecule has 0 aromatic rings. The number of rotatable bonds is 2. The molecule has 2 rings (SSSR count). The lowest BCUT2D eigenvalue weighted by atomic mass is 9.90. The summed E-state index contributed by atoms with van der Waals surface area (Å²) in [6, 6.07) is -0.473. The van der Waals surface area contributed by atoms with Gasteiger partial charge in [-0.05, 0) is 19.4 Å². The van der Waals surface area contributed by atoms with E-state index in [2.05, 4.69) is 10.6 Å². The van der Waals surface area contributed by atoms with Crippen molar-refractivity contribution in [2.24, 2.45) is 0 Å². The van der Waals surface area contributed by atoms with Crippen LogP contribution in [0.25, 0.3) is 0 Å². The molecule has 0 aromatic heterocycles. The number of carbonyl (C=O) groups excluding carboxylic acids is 3. The van der Waals surface area contributed by atoms with Crippen LogP contribution in [0.2, 0.25) is 0 Å². The second-order valence-electron chi connectivity index (χ2n) is 4.97. The van der Waals surface area contributed by atoms with E-state index in [0.29, 0.717) is 13.0 Å². The number of hydrogen-bond acceptors (Lipinski definition) is 4. The minimum atomic E-state index is -0.845. The van der Waals surface area contributed by atoms with Crippen molar-refractivity contribution in [3.8, 4) is 0 Å². The average Bonchev–Trinajstić information content (AvgIpc) is 2.55. The zero-order valence-corrected chi connectivity index (χ0v) is 10.7. The molecule has 1 spiro atoms. The van der Waals surface area contributed by atoms with E-state index in [1.54, 1.807) is 14.1 Å². The monoisotopic (exact) mass is 254 g/mol. The van der Waals surface area contributed by atoms with Gasteiger partial charge in [-0.2, -0.15) is 0 Å². The van der Waals surface area contributed by atoms with Gasteiger partial charge in [-0.1, -0.05) is 0 Å². The minimum Gasteiger partial charge on any atom is -0.347 e. The van der Waals surface area contributed by atoms with E-state index >= 15 is 0 Å². The first-order valence-corrected chi connectivity index (χ1v) is 6.01. The summed E-state index contributed by atoms with van der Waals surface area (Å²) in [5, 5.41) is 5.83. The van der Waals surface area contributed by atoms with Gasteiger partial charge in [0, 0.05) is 20.6 Å². The molecule has 100 valence electrons. The summed E-state index contributed by atoms with van der Waals surface area (Å²) in [7, 11) is 3.19. The number of piperidine rings is 1. The Morgan fingerprint density at radius 2 is 2.17 bits per heavy atom. The first kappa shape index (κ1) is 12.8. The Bertz CT molecular complexity index is 388. The van der Waals surface area contributed by atoms with Gasteiger partial charge >= 0.3 is 6.03 Å². The Hall–Kier alpha value is -1.63. The first-order valence-electron chi connectivity index (χ1n) is 6.01. The molecule has 1 unspecified atom stereocenters. The van der Waals surface area contributed by atoms with Gasteiger partial charge in [0.05, 0.1) is 0 Å². The molecule has 0 aliphatic carbocycles. The van der Waals surface area contributed by atoms with Crippen LogP contribution in [0.1, 0.15) is 12.8 Å². The fraction of sp³-hybridized carbons (Fsp3) is 0.727. The molecule has 7 nitrogen and oxygen atoms in total. The third kappa shape index (κ3) is 2.05. The summed E-state index contributed by atoms with van der Waals surface area (Å²) in [5.41, 5.74) is -0.845. The number of carbonyl (C=O) groups is 3. The Balaban J connectivity index is 2.11. The van der Waals surface area contributed by atoms with Gasteiger partial charge in [0.2, 0.25) is 5.91 Å². The maximum atomic E-state index is 12.3. The summed E-state index contributed by atoms with van der Waals surface area (Å²) < 4.78 is 0. The molecule has 0 bridgehead atoms. The summed E-state index contributed by atoms with van der Waals surface area (Å²) >= 11 is 0. The van der Waals surface area contributed by atoms with E-state index in [1.165, 1.54) is 4.90 Å². The van der Waals surface area contributed by atoms with Crippen LogP contribution in [-0.4, -0.2) is 66.9 Å².